The van der Waals surface area contributed by atoms with Gasteiger partial charge in [-0.05, 0) is 94.4 Å². The van der Waals surface area contributed by atoms with Crippen molar-refractivity contribution in [1.29, 1.82) is 0 Å². The molecule has 2 aromatic heterocycles. The van der Waals surface area contributed by atoms with Gasteiger partial charge in [0.2, 0.25) is 0 Å². The Morgan fingerprint density at radius 1 is 1.19 bits per heavy atom. The van der Waals surface area contributed by atoms with Gasteiger partial charge < -0.3 is 19.5 Å². The SMILES string of the molecule is C=C(O)[C@@H](OC(C)(C)C)c1c(C)cc2nc(CN(C)C)ccc2c1-c1ccc2c3c(ccnc13)CCO2. The van der Waals surface area contributed by atoms with Crippen LogP contribution in [-0.2, 0) is 17.7 Å². The van der Waals surface area contributed by atoms with Crippen molar-refractivity contribution in [3.8, 4) is 16.9 Å². The first-order valence-corrected chi connectivity index (χ1v) is 12.7. The summed E-state index contributed by atoms with van der Waals surface area (Å²) in [6.07, 6.45) is 1.99. The number of ether oxygens (including phenoxy) is 2. The van der Waals surface area contributed by atoms with Crippen LogP contribution in [0.2, 0.25) is 0 Å². The normalized spacial score (nSPS) is 14.2. The fraction of sp³-hybridized carbons (Fsp3) is 0.355. The Morgan fingerprint density at radius 3 is 2.68 bits per heavy atom. The van der Waals surface area contributed by atoms with Crippen LogP contribution < -0.4 is 4.74 Å². The molecule has 1 atom stereocenters. The predicted octanol–water partition coefficient (Wildman–Crippen LogP) is 6.68. The topological polar surface area (TPSA) is 67.7 Å². The van der Waals surface area contributed by atoms with E-state index in [-0.39, 0.29) is 5.76 Å². The molecule has 2 aromatic carbocycles. The molecule has 6 heteroatoms. The van der Waals surface area contributed by atoms with Gasteiger partial charge in [0, 0.05) is 35.5 Å². The molecular formula is C31H35N3O3. The second-order valence-corrected chi connectivity index (χ2v) is 11.1. The minimum absolute atomic E-state index is 0.0326. The Morgan fingerprint density at radius 2 is 1.97 bits per heavy atom. The fourth-order valence-corrected chi connectivity index (χ4v) is 5.25. The van der Waals surface area contributed by atoms with Gasteiger partial charge in [0.25, 0.3) is 0 Å². The number of aromatic nitrogens is 2. The van der Waals surface area contributed by atoms with Crippen LogP contribution in [-0.4, -0.2) is 46.3 Å². The van der Waals surface area contributed by atoms with E-state index >= 15 is 0 Å². The summed E-state index contributed by atoms with van der Waals surface area (Å²) in [5.41, 5.74) is 7.23. The maximum atomic E-state index is 10.8. The van der Waals surface area contributed by atoms with Gasteiger partial charge >= 0.3 is 0 Å². The monoisotopic (exact) mass is 497 g/mol. The highest BCUT2D eigenvalue weighted by Gasteiger charge is 2.30. The maximum absolute atomic E-state index is 10.8. The summed E-state index contributed by atoms with van der Waals surface area (Å²) >= 11 is 0. The van der Waals surface area contributed by atoms with E-state index < -0.39 is 11.7 Å². The summed E-state index contributed by atoms with van der Waals surface area (Å²) in [4.78, 5) is 12.0. The average Bonchev–Trinajstić information content (AvgIpc) is 2.82. The van der Waals surface area contributed by atoms with Gasteiger partial charge in [0.1, 0.15) is 17.6 Å². The van der Waals surface area contributed by atoms with Crippen molar-refractivity contribution in [3.05, 3.63) is 77.3 Å². The van der Waals surface area contributed by atoms with E-state index in [4.69, 9.17) is 19.4 Å². The van der Waals surface area contributed by atoms with Gasteiger partial charge in [-0.2, -0.15) is 0 Å². The third kappa shape index (κ3) is 4.79. The van der Waals surface area contributed by atoms with Gasteiger partial charge in [0.05, 0.1) is 28.9 Å². The third-order valence-electron chi connectivity index (χ3n) is 6.65. The first-order chi connectivity index (χ1) is 17.5. The number of nitrogens with zero attached hydrogens (tertiary/aromatic N) is 3. The van der Waals surface area contributed by atoms with Crippen LogP contribution in [0.3, 0.4) is 0 Å². The molecule has 1 aliphatic rings. The number of pyridine rings is 2. The highest BCUT2D eigenvalue weighted by molar-refractivity contribution is 6.07. The Balaban J connectivity index is 1.88. The van der Waals surface area contributed by atoms with E-state index in [1.165, 1.54) is 5.56 Å². The van der Waals surface area contributed by atoms with Crippen molar-refractivity contribution in [3.63, 3.8) is 0 Å². The average molecular weight is 498 g/mol. The van der Waals surface area contributed by atoms with Gasteiger partial charge in [-0.1, -0.05) is 12.6 Å². The van der Waals surface area contributed by atoms with Crippen molar-refractivity contribution in [1.82, 2.24) is 14.9 Å². The lowest BCUT2D eigenvalue weighted by Crippen LogP contribution is -2.24. The largest absolute Gasteiger partial charge is 0.510 e. The highest BCUT2D eigenvalue weighted by Crippen LogP contribution is 2.45. The number of aliphatic hydroxyl groups excluding tert-OH is 1. The summed E-state index contributed by atoms with van der Waals surface area (Å²) in [6.45, 7) is 13.3. The molecule has 0 spiro atoms. The minimum atomic E-state index is -0.720. The molecule has 0 saturated heterocycles. The maximum Gasteiger partial charge on any atom is 0.140 e. The molecule has 3 heterocycles. The van der Waals surface area contributed by atoms with Crippen LogP contribution in [0, 0.1) is 6.92 Å². The summed E-state index contributed by atoms with van der Waals surface area (Å²) < 4.78 is 12.4. The molecule has 1 aliphatic heterocycles. The first kappa shape index (κ1) is 25.2. The van der Waals surface area contributed by atoms with E-state index in [2.05, 4.69) is 41.8 Å². The summed E-state index contributed by atoms with van der Waals surface area (Å²) in [5.74, 6) is 0.821. The summed E-state index contributed by atoms with van der Waals surface area (Å²) in [7, 11) is 4.08. The number of hydrogen-bond donors (Lipinski definition) is 1. The third-order valence-corrected chi connectivity index (χ3v) is 6.65. The number of fused-ring (bicyclic) bond motifs is 1. The van der Waals surface area contributed by atoms with Gasteiger partial charge in [0.15, 0.2) is 0 Å². The van der Waals surface area contributed by atoms with Crippen molar-refractivity contribution in [2.24, 2.45) is 0 Å². The van der Waals surface area contributed by atoms with Crippen LogP contribution >= 0.6 is 0 Å². The number of hydrogen-bond acceptors (Lipinski definition) is 6. The summed E-state index contributed by atoms with van der Waals surface area (Å²) in [6, 6.07) is 12.4. The molecule has 0 saturated carbocycles. The summed E-state index contributed by atoms with van der Waals surface area (Å²) in [5, 5.41) is 12.8. The molecule has 192 valence electrons. The molecule has 5 rings (SSSR count). The number of rotatable bonds is 6. The van der Waals surface area contributed by atoms with Crippen LogP contribution in [0.1, 0.15) is 49.3 Å². The van der Waals surface area contributed by atoms with E-state index in [1.807, 2.05) is 54.1 Å². The number of benzene rings is 2. The highest BCUT2D eigenvalue weighted by atomic mass is 16.5. The smallest absolute Gasteiger partial charge is 0.140 e. The minimum Gasteiger partial charge on any atom is -0.510 e. The first-order valence-electron chi connectivity index (χ1n) is 12.7. The number of aliphatic hydroxyl groups is 1. The quantitative estimate of drug-likeness (QED) is 0.300. The molecule has 0 fully saturated rings. The zero-order valence-corrected chi connectivity index (χ0v) is 22.6. The molecule has 0 bridgehead atoms. The fourth-order valence-electron chi connectivity index (χ4n) is 5.25. The van der Waals surface area contributed by atoms with Crippen molar-refractivity contribution in [2.45, 2.75) is 52.4 Å². The van der Waals surface area contributed by atoms with E-state index in [9.17, 15) is 5.11 Å². The molecule has 0 radical (unpaired) electrons. The molecular weight excluding hydrogens is 462 g/mol. The van der Waals surface area contributed by atoms with Gasteiger partial charge in [-0.15, -0.1) is 0 Å². The van der Waals surface area contributed by atoms with Crippen LogP contribution in [0.4, 0.5) is 0 Å². The molecule has 6 nitrogen and oxygen atoms in total. The van der Waals surface area contributed by atoms with Gasteiger partial charge in [-0.3, -0.25) is 9.97 Å². The van der Waals surface area contributed by atoms with E-state index in [0.717, 1.165) is 68.5 Å². The second-order valence-electron chi connectivity index (χ2n) is 11.1. The van der Waals surface area contributed by atoms with Crippen molar-refractivity contribution in [2.75, 3.05) is 20.7 Å². The predicted molar refractivity (Wildman–Crippen MR) is 149 cm³/mol. The van der Waals surface area contributed by atoms with Gasteiger partial charge in [-0.25, -0.2) is 0 Å². The van der Waals surface area contributed by atoms with Crippen LogP contribution in [0.25, 0.3) is 32.9 Å². The van der Waals surface area contributed by atoms with Crippen LogP contribution in [0.15, 0.2) is 54.9 Å². The zero-order chi connectivity index (χ0) is 26.5. The van der Waals surface area contributed by atoms with E-state index in [0.29, 0.717) is 6.61 Å². The van der Waals surface area contributed by atoms with Crippen LogP contribution in [0.5, 0.6) is 5.75 Å². The molecule has 0 unspecified atom stereocenters. The molecule has 1 N–H and O–H groups in total. The molecule has 0 aliphatic carbocycles. The Bertz CT molecular complexity index is 1510. The number of aryl methyl sites for hydroxylation is 1. The Kier molecular flexibility index (Phi) is 6.42. The molecule has 37 heavy (non-hydrogen) atoms. The Hall–Kier alpha value is -3.48. The zero-order valence-electron chi connectivity index (χ0n) is 22.6. The van der Waals surface area contributed by atoms with Crippen molar-refractivity contribution < 1.29 is 14.6 Å². The van der Waals surface area contributed by atoms with Crippen molar-refractivity contribution >= 4 is 21.8 Å². The standard InChI is InChI=1S/C31H35N3O3/c1-18-16-24-22(9-8-21(33-24)17-34(6)7)28(26(18)30(19(2)35)37-31(3,4)5)23-10-11-25-27-20(13-15-36-25)12-14-32-29(23)27/h8-12,14,16,30,35H,2,13,15,17H2,1,3-7H3/t30-/m1/s1. The lowest BCUT2D eigenvalue weighted by Gasteiger charge is -2.30. The Labute approximate surface area is 218 Å². The van der Waals surface area contributed by atoms with E-state index in [1.54, 1.807) is 0 Å². The second kappa shape index (κ2) is 9.43. The lowest BCUT2D eigenvalue weighted by atomic mass is 9.86. The molecule has 4 aromatic rings. The molecule has 0 amide bonds. The lowest BCUT2D eigenvalue weighted by molar-refractivity contribution is -0.0594.